The molecule has 1 aliphatic heterocycles. The predicted molar refractivity (Wildman–Crippen MR) is 92.3 cm³/mol. The van der Waals surface area contributed by atoms with Crippen molar-refractivity contribution in [3.63, 3.8) is 0 Å². The van der Waals surface area contributed by atoms with Crippen LogP contribution in [-0.2, 0) is 31.5 Å². The van der Waals surface area contributed by atoms with Gasteiger partial charge in [0.05, 0.1) is 18.0 Å². The molecule has 1 heterocycles. The standard InChI is InChI=1S/C15H19N2O9P/c18-13(3-1-2-6-26-27(23,24)25)16-5-4-11-7-10(9-14(19)20)8-12(15(11)16)17(21)22/h7-8H,1-6,9H2,(H,19,20)(H2,23,24,25). The highest BCUT2D eigenvalue weighted by Crippen LogP contribution is 2.39. The second kappa shape index (κ2) is 8.57. The fourth-order valence-electron chi connectivity index (χ4n) is 2.95. The summed E-state index contributed by atoms with van der Waals surface area (Å²) in [5.41, 5.74) is 0.737. The number of hydrogen-bond acceptors (Lipinski definition) is 6. The Morgan fingerprint density at radius 3 is 2.59 bits per heavy atom. The number of phosphoric acid groups is 1. The van der Waals surface area contributed by atoms with Crippen LogP contribution in [0.1, 0.15) is 30.4 Å². The number of hydrogen-bond donors (Lipinski definition) is 3. The zero-order valence-electron chi connectivity index (χ0n) is 14.2. The summed E-state index contributed by atoms with van der Waals surface area (Å²) in [4.78, 5) is 52.5. The third kappa shape index (κ3) is 5.83. The minimum atomic E-state index is -4.54. The lowest BCUT2D eigenvalue weighted by atomic mass is 10.0. The second-order valence-corrected chi connectivity index (χ2v) is 7.27. The summed E-state index contributed by atoms with van der Waals surface area (Å²) in [7, 11) is -4.54. The lowest BCUT2D eigenvalue weighted by molar-refractivity contribution is -0.384. The van der Waals surface area contributed by atoms with E-state index in [0.717, 1.165) is 0 Å². The Balaban J connectivity index is 2.08. The van der Waals surface area contributed by atoms with Crippen molar-refractivity contribution in [2.24, 2.45) is 0 Å². The van der Waals surface area contributed by atoms with E-state index >= 15 is 0 Å². The maximum Gasteiger partial charge on any atom is 0.469 e. The van der Waals surface area contributed by atoms with Crippen LogP contribution in [0, 0.1) is 10.1 Å². The van der Waals surface area contributed by atoms with Crippen LogP contribution in [0.15, 0.2) is 12.1 Å². The van der Waals surface area contributed by atoms with Crippen molar-refractivity contribution in [3.05, 3.63) is 33.4 Å². The highest BCUT2D eigenvalue weighted by atomic mass is 31.2. The number of carbonyl (C=O) groups excluding carboxylic acids is 1. The van der Waals surface area contributed by atoms with Crippen molar-refractivity contribution in [1.29, 1.82) is 0 Å². The summed E-state index contributed by atoms with van der Waals surface area (Å²) >= 11 is 0. The summed E-state index contributed by atoms with van der Waals surface area (Å²) in [6.45, 7) is 0.0529. The van der Waals surface area contributed by atoms with Gasteiger partial charge in [-0.3, -0.25) is 24.2 Å². The van der Waals surface area contributed by atoms with E-state index in [9.17, 15) is 24.3 Å². The smallest absolute Gasteiger partial charge is 0.469 e. The fourth-order valence-corrected chi connectivity index (χ4v) is 3.32. The van der Waals surface area contributed by atoms with E-state index in [-0.39, 0.29) is 49.7 Å². The highest BCUT2D eigenvalue weighted by Gasteiger charge is 2.32. The Morgan fingerprint density at radius 2 is 2.00 bits per heavy atom. The molecule has 0 aromatic heterocycles. The molecule has 27 heavy (non-hydrogen) atoms. The molecule has 148 valence electrons. The molecule has 0 saturated heterocycles. The quantitative estimate of drug-likeness (QED) is 0.239. The normalized spacial score (nSPS) is 13.5. The lowest BCUT2D eigenvalue weighted by Gasteiger charge is -2.17. The molecule has 0 radical (unpaired) electrons. The van der Waals surface area contributed by atoms with Gasteiger partial charge in [0.15, 0.2) is 0 Å². The maximum absolute atomic E-state index is 12.4. The Morgan fingerprint density at radius 1 is 1.30 bits per heavy atom. The molecule has 1 aromatic carbocycles. The molecule has 0 bridgehead atoms. The van der Waals surface area contributed by atoms with Gasteiger partial charge in [-0.15, -0.1) is 0 Å². The number of benzene rings is 1. The largest absolute Gasteiger partial charge is 0.481 e. The first kappa shape index (κ1) is 21.0. The number of phosphoric ester groups is 1. The Kier molecular flexibility index (Phi) is 6.66. The number of carboxylic acids is 1. The number of nitro benzene ring substituents is 1. The summed E-state index contributed by atoms with van der Waals surface area (Å²) in [5, 5.41) is 20.3. The molecule has 3 N–H and O–H groups in total. The van der Waals surface area contributed by atoms with Crippen molar-refractivity contribution in [2.45, 2.75) is 32.1 Å². The predicted octanol–water partition coefficient (Wildman–Crippen LogP) is 1.39. The molecular weight excluding hydrogens is 383 g/mol. The van der Waals surface area contributed by atoms with Crippen LogP contribution in [0.3, 0.4) is 0 Å². The van der Waals surface area contributed by atoms with Gasteiger partial charge in [0.1, 0.15) is 5.69 Å². The molecule has 0 aliphatic carbocycles. The monoisotopic (exact) mass is 402 g/mol. The van der Waals surface area contributed by atoms with Crippen molar-refractivity contribution in [2.75, 3.05) is 18.1 Å². The number of amides is 1. The first-order valence-corrected chi connectivity index (χ1v) is 9.64. The number of aliphatic carboxylic acids is 1. The molecule has 1 aromatic rings. The van der Waals surface area contributed by atoms with Gasteiger partial charge in [-0.25, -0.2) is 4.57 Å². The Bertz CT molecular complexity index is 805. The molecule has 12 heteroatoms. The second-order valence-electron chi connectivity index (χ2n) is 6.03. The molecular formula is C15H19N2O9P. The summed E-state index contributed by atoms with van der Waals surface area (Å²) in [5.74, 6) is -1.45. The van der Waals surface area contributed by atoms with Gasteiger partial charge in [0, 0.05) is 19.0 Å². The minimum Gasteiger partial charge on any atom is -0.481 e. The molecule has 1 amide bonds. The molecule has 11 nitrogen and oxygen atoms in total. The molecule has 0 unspecified atom stereocenters. The van der Waals surface area contributed by atoms with Crippen molar-refractivity contribution < 1.29 is 38.5 Å². The van der Waals surface area contributed by atoms with Crippen LogP contribution >= 0.6 is 7.82 Å². The average Bonchev–Trinajstić information content (AvgIpc) is 2.95. The average molecular weight is 402 g/mol. The molecule has 1 aliphatic rings. The Labute approximate surface area is 153 Å². The van der Waals surface area contributed by atoms with Crippen LogP contribution < -0.4 is 4.90 Å². The summed E-state index contributed by atoms with van der Waals surface area (Å²) < 4.78 is 14.9. The maximum atomic E-state index is 12.4. The van der Waals surface area contributed by atoms with E-state index < -0.39 is 18.7 Å². The number of nitrogens with zero attached hydrogens (tertiary/aromatic N) is 2. The third-order valence-corrected chi connectivity index (χ3v) is 4.52. The van der Waals surface area contributed by atoms with E-state index in [2.05, 4.69) is 4.52 Å². The lowest BCUT2D eigenvalue weighted by Crippen LogP contribution is -2.29. The first-order valence-electron chi connectivity index (χ1n) is 8.11. The van der Waals surface area contributed by atoms with Crippen molar-refractivity contribution in [1.82, 2.24) is 0 Å². The van der Waals surface area contributed by atoms with E-state index in [4.69, 9.17) is 14.9 Å². The van der Waals surface area contributed by atoms with Crippen LogP contribution in [0.2, 0.25) is 0 Å². The summed E-state index contributed by atoms with van der Waals surface area (Å²) in [6, 6.07) is 2.74. The molecule has 0 fully saturated rings. The number of unbranched alkanes of at least 4 members (excludes halogenated alkanes) is 1. The SMILES string of the molecule is O=C(O)Cc1cc2c(c([N+](=O)[O-])c1)N(C(=O)CCCCOP(=O)(O)O)CC2. The number of nitro groups is 1. The molecule has 0 spiro atoms. The highest BCUT2D eigenvalue weighted by molar-refractivity contribution is 7.46. The zero-order chi connectivity index (χ0) is 20.2. The molecule has 0 saturated carbocycles. The number of fused-ring (bicyclic) bond motifs is 1. The summed E-state index contributed by atoms with van der Waals surface area (Å²) in [6.07, 6.45) is 0.628. The third-order valence-electron chi connectivity index (χ3n) is 4.00. The number of carbonyl (C=O) groups is 2. The van der Waals surface area contributed by atoms with Gasteiger partial charge in [-0.05, 0) is 30.4 Å². The van der Waals surface area contributed by atoms with Gasteiger partial charge in [0.25, 0.3) is 5.69 Å². The van der Waals surface area contributed by atoms with Crippen LogP contribution in [-0.4, -0.2) is 44.8 Å². The van der Waals surface area contributed by atoms with Gasteiger partial charge in [-0.1, -0.05) is 6.07 Å². The minimum absolute atomic E-state index is 0.0397. The van der Waals surface area contributed by atoms with Crippen LogP contribution in [0.4, 0.5) is 11.4 Å². The first-order chi connectivity index (χ1) is 12.6. The number of rotatable bonds is 9. The van der Waals surface area contributed by atoms with Crippen LogP contribution in [0.25, 0.3) is 0 Å². The van der Waals surface area contributed by atoms with E-state index in [1.807, 2.05) is 0 Å². The van der Waals surface area contributed by atoms with Gasteiger partial charge in [-0.2, -0.15) is 0 Å². The number of carboxylic acid groups (broad SMARTS) is 1. The van der Waals surface area contributed by atoms with Gasteiger partial charge < -0.3 is 19.8 Å². The van der Waals surface area contributed by atoms with Crippen molar-refractivity contribution >= 4 is 31.1 Å². The van der Waals surface area contributed by atoms with Gasteiger partial charge in [0.2, 0.25) is 5.91 Å². The molecule has 0 atom stereocenters. The van der Waals surface area contributed by atoms with Crippen LogP contribution in [0.5, 0.6) is 0 Å². The Hall–Kier alpha value is -2.33. The number of anilines is 1. The van der Waals surface area contributed by atoms with E-state index in [1.54, 1.807) is 6.07 Å². The van der Waals surface area contributed by atoms with Crippen molar-refractivity contribution in [3.8, 4) is 0 Å². The molecule has 2 rings (SSSR count). The van der Waals surface area contributed by atoms with Gasteiger partial charge >= 0.3 is 13.8 Å². The van der Waals surface area contributed by atoms with E-state index in [0.29, 0.717) is 24.0 Å². The zero-order valence-corrected chi connectivity index (χ0v) is 15.1. The fraction of sp³-hybridized carbons (Fsp3) is 0.467. The van der Waals surface area contributed by atoms with E-state index in [1.165, 1.54) is 11.0 Å². The topological polar surface area (TPSA) is 168 Å².